The van der Waals surface area contributed by atoms with Crippen molar-refractivity contribution in [2.75, 3.05) is 0 Å². The molecule has 0 aliphatic rings. The Morgan fingerprint density at radius 2 is 1.86 bits per heavy atom. The van der Waals surface area contributed by atoms with Crippen LogP contribution in [0.5, 0.6) is 0 Å². The van der Waals surface area contributed by atoms with Crippen LogP contribution in [-0.4, -0.2) is 15.1 Å². The van der Waals surface area contributed by atoms with Crippen molar-refractivity contribution in [2.45, 2.75) is 13.5 Å². The van der Waals surface area contributed by atoms with Crippen LogP contribution in [0.15, 0.2) is 54.7 Å². The van der Waals surface area contributed by atoms with E-state index in [0.717, 1.165) is 33.2 Å². The van der Waals surface area contributed by atoms with Gasteiger partial charge in [-0.05, 0) is 30.2 Å². The Bertz CT molecular complexity index is 985. The number of pyridine rings is 1. The molecule has 0 fully saturated rings. The predicted octanol–water partition coefficient (Wildman–Crippen LogP) is 4.18. The second kappa shape index (κ2) is 4.97. The number of aliphatic hydroxyl groups is 1. The fourth-order valence-electron chi connectivity index (χ4n) is 3.02. The van der Waals surface area contributed by atoms with Crippen LogP contribution in [0, 0.1) is 6.92 Å². The second-order valence-corrected chi connectivity index (χ2v) is 5.54. The van der Waals surface area contributed by atoms with Gasteiger partial charge in [-0.3, -0.25) is 0 Å². The quantitative estimate of drug-likeness (QED) is 0.581. The maximum atomic E-state index is 9.43. The van der Waals surface area contributed by atoms with Gasteiger partial charge in [-0.2, -0.15) is 0 Å². The highest BCUT2D eigenvalue weighted by atomic mass is 16.3. The van der Waals surface area contributed by atoms with Crippen LogP contribution in [0.3, 0.4) is 0 Å². The maximum Gasteiger partial charge on any atom is 0.0731 e. The lowest BCUT2D eigenvalue weighted by Crippen LogP contribution is -1.89. The van der Waals surface area contributed by atoms with Gasteiger partial charge in [0.25, 0.3) is 0 Å². The van der Waals surface area contributed by atoms with Crippen molar-refractivity contribution in [3.05, 3.63) is 65.9 Å². The summed E-state index contributed by atoms with van der Waals surface area (Å²) in [6, 6.07) is 16.2. The van der Waals surface area contributed by atoms with Gasteiger partial charge in [-0.1, -0.05) is 36.4 Å². The number of fused-ring (bicyclic) bond motifs is 2. The van der Waals surface area contributed by atoms with Crippen LogP contribution in [0.25, 0.3) is 33.1 Å². The lowest BCUT2D eigenvalue weighted by Gasteiger charge is -2.06. The summed E-state index contributed by atoms with van der Waals surface area (Å²) >= 11 is 0. The number of benzene rings is 2. The number of aromatic amines is 1. The molecule has 0 bridgehead atoms. The molecule has 2 aromatic carbocycles. The maximum absolute atomic E-state index is 9.43. The number of nitrogens with zero attached hydrogens (tertiary/aromatic N) is 1. The zero-order valence-corrected chi connectivity index (χ0v) is 12.3. The van der Waals surface area contributed by atoms with Crippen LogP contribution in [-0.2, 0) is 6.61 Å². The third-order valence-electron chi connectivity index (χ3n) is 4.19. The van der Waals surface area contributed by atoms with Gasteiger partial charge in [0.1, 0.15) is 0 Å². The number of rotatable bonds is 2. The topological polar surface area (TPSA) is 48.9 Å². The first-order valence-electron chi connectivity index (χ1n) is 7.34. The Morgan fingerprint density at radius 3 is 2.73 bits per heavy atom. The molecule has 108 valence electrons. The summed E-state index contributed by atoms with van der Waals surface area (Å²) in [5.41, 5.74) is 6.25. The van der Waals surface area contributed by atoms with Crippen molar-refractivity contribution in [2.24, 2.45) is 0 Å². The molecule has 0 unspecified atom stereocenters. The molecule has 0 aliphatic heterocycles. The number of nitrogens with one attached hydrogen (secondary N) is 1. The Morgan fingerprint density at radius 1 is 1.00 bits per heavy atom. The molecule has 0 saturated carbocycles. The summed E-state index contributed by atoms with van der Waals surface area (Å²) in [5, 5.41) is 11.6. The molecular formula is C19H16N2O. The summed E-state index contributed by atoms with van der Waals surface area (Å²) in [5.74, 6) is 0. The third-order valence-corrected chi connectivity index (χ3v) is 4.19. The normalized spacial score (nSPS) is 11.4. The molecule has 3 heteroatoms. The number of para-hydroxylation sites is 1. The standard InChI is InChI=1S/C19H16N2O/c1-12-4-2-6-15-16(10-20-19(12)15)18-9-8-14-13(11-22)5-3-7-17(14)21-18/h2-10,20,22H,11H2,1H3. The van der Waals surface area contributed by atoms with E-state index in [1.807, 2.05) is 36.5 Å². The molecule has 0 spiro atoms. The lowest BCUT2D eigenvalue weighted by atomic mass is 10.0. The number of aromatic nitrogens is 2. The van der Waals surface area contributed by atoms with E-state index in [-0.39, 0.29) is 6.61 Å². The van der Waals surface area contributed by atoms with E-state index in [9.17, 15) is 5.11 Å². The van der Waals surface area contributed by atoms with Gasteiger partial charge in [-0.25, -0.2) is 4.98 Å². The van der Waals surface area contributed by atoms with Crippen molar-refractivity contribution in [1.29, 1.82) is 0 Å². The number of H-pyrrole nitrogens is 1. The van der Waals surface area contributed by atoms with Crippen molar-refractivity contribution >= 4 is 21.8 Å². The molecule has 0 aliphatic carbocycles. The van der Waals surface area contributed by atoms with Crippen molar-refractivity contribution in [3.8, 4) is 11.3 Å². The minimum absolute atomic E-state index is 0.0324. The fraction of sp³-hybridized carbons (Fsp3) is 0.105. The van der Waals surface area contributed by atoms with E-state index in [4.69, 9.17) is 4.98 Å². The molecular weight excluding hydrogens is 272 g/mol. The summed E-state index contributed by atoms with van der Waals surface area (Å²) in [6.07, 6.45) is 2.02. The van der Waals surface area contributed by atoms with E-state index in [0.29, 0.717) is 0 Å². The molecule has 3 nitrogen and oxygen atoms in total. The van der Waals surface area contributed by atoms with Gasteiger partial charge >= 0.3 is 0 Å². The molecule has 4 aromatic rings. The van der Waals surface area contributed by atoms with Gasteiger partial charge in [0, 0.05) is 28.0 Å². The minimum Gasteiger partial charge on any atom is -0.392 e. The average Bonchev–Trinajstić information content (AvgIpc) is 2.99. The third kappa shape index (κ3) is 1.90. The van der Waals surface area contributed by atoms with E-state index >= 15 is 0 Å². The monoisotopic (exact) mass is 288 g/mol. The molecule has 2 heterocycles. The van der Waals surface area contributed by atoms with E-state index in [1.165, 1.54) is 10.9 Å². The van der Waals surface area contributed by atoms with Crippen LogP contribution in [0.2, 0.25) is 0 Å². The second-order valence-electron chi connectivity index (χ2n) is 5.54. The zero-order valence-electron chi connectivity index (χ0n) is 12.3. The Kier molecular flexibility index (Phi) is 2.94. The van der Waals surface area contributed by atoms with E-state index in [1.54, 1.807) is 0 Å². The van der Waals surface area contributed by atoms with Gasteiger partial charge in [-0.15, -0.1) is 0 Å². The van der Waals surface area contributed by atoms with Crippen molar-refractivity contribution in [3.63, 3.8) is 0 Å². The highest BCUT2D eigenvalue weighted by Crippen LogP contribution is 2.30. The minimum atomic E-state index is 0.0324. The average molecular weight is 288 g/mol. The van der Waals surface area contributed by atoms with E-state index < -0.39 is 0 Å². The number of hydrogen-bond acceptors (Lipinski definition) is 2. The number of aliphatic hydroxyl groups excluding tert-OH is 1. The predicted molar refractivity (Wildman–Crippen MR) is 89.7 cm³/mol. The SMILES string of the molecule is Cc1cccc2c(-c3ccc4c(CO)cccc4n3)c[nH]c12. The largest absolute Gasteiger partial charge is 0.392 e. The first kappa shape index (κ1) is 13.0. The molecule has 0 saturated heterocycles. The first-order chi connectivity index (χ1) is 10.8. The molecule has 2 N–H and O–H groups in total. The number of hydrogen-bond donors (Lipinski definition) is 2. The van der Waals surface area contributed by atoms with Gasteiger partial charge < -0.3 is 10.1 Å². The summed E-state index contributed by atoms with van der Waals surface area (Å²) in [4.78, 5) is 8.12. The van der Waals surface area contributed by atoms with Crippen LogP contribution < -0.4 is 0 Å². The summed E-state index contributed by atoms with van der Waals surface area (Å²) in [7, 11) is 0. The lowest BCUT2D eigenvalue weighted by molar-refractivity contribution is 0.283. The van der Waals surface area contributed by atoms with Crippen LogP contribution >= 0.6 is 0 Å². The highest BCUT2D eigenvalue weighted by molar-refractivity contribution is 5.97. The molecule has 4 rings (SSSR count). The first-order valence-corrected chi connectivity index (χ1v) is 7.34. The summed E-state index contributed by atoms with van der Waals surface area (Å²) < 4.78 is 0. The number of aryl methyl sites for hydroxylation is 1. The van der Waals surface area contributed by atoms with Crippen LogP contribution in [0.1, 0.15) is 11.1 Å². The fourth-order valence-corrected chi connectivity index (χ4v) is 3.02. The molecule has 22 heavy (non-hydrogen) atoms. The smallest absolute Gasteiger partial charge is 0.0731 e. The zero-order chi connectivity index (χ0) is 15.1. The molecule has 0 radical (unpaired) electrons. The van der Waals surface area contributed by atoms with Crippen molar-refractivity contribution in [1.82, 2.24) is 9.97 Å². The molecule has 2 aromatic heterocycles. The summed E-state index contributed by atoms with van der Waals surface area (Å²) in [6.45, 7) is 2.13. The van der Waals surface area contributed by atoms with Gasteiger partial charge in [0.2, 0.25) is 0 Å². The molecule has 0 atom stereocenters. The van der Waals surface area contributed by atoms with Crippen LogP contribution in [0.4, 0.5) is 0 Å². The Labute approximate surface area is 128 Å². The van der Waals surface area contributed by atoms with Gasteiger partial charge in [0.05, 0.1) is 17.8 Å². The highest BCUT2D eigenvalue weighted by Gasteiger charge is 2.10. The van der Waals surface area contributed by atoms with Crippen molar-refractivity contribution < 1.29 is 5.11 Å². The Balaban J connectivity index is 1.95. The molecule has 0 amide bonds. The Hall–Kier alpha value is -2.65. The van der Waals surface area contributed by atoms with Gasteiger partial charge in [0.15, 0.2) is 0 Å². The van der Waals surface area contributed by atoms with E-state index in [2.05, 4.69) is 30.1 Å².